The highest BCUT2D eigenvalue weighted by atomic mass is 32.2. The van der Waals surface area contributed by atoms with Crippen molar-refractivity contribution >= 4 is 10.0 Å². The van der Waals surface area contributed by atoms with Crippen LogP contribution in [0.2, 0.25) is 0 Å². The van der Waals surface area contributed by atoms with Crippen molar-refractivity contribution in [1.82, 2.24) is 10.0 Å². The van der Waals surface area contributed by atoms with E-state index in [-0.39, 0.29) is 6.54 Å². The van der Waals surface area contributed by atoms with Crippen molar-refractivity contribution in [3.8, 4) is 0 Å². The molecule has 0 spiro atoms. The van der Waals surface area contributed by atoms with E-state index >= 15 is 0 Å². The summed E-state index contributed by atoms with van der Waals surface area (Å²) >= 11 is 0. The van der Waals surface area contributed by atoms with Crippen molar-refractivity contribution < 1.29 is 13.2 Å². The van der Waals surface area contributed by atoms with Gasteiger partial charge in [0.1, 0.15) is 0 Å². The molecule has 0 aliphatic carbocycles. The molecule has 0 unspecified atom stereocenters. The summed E-state index contributed by atoms with van der Waals surface area (Å²) in [5, 5.41) is 3.15. The molecule has 0 radical (unpaired) electrons. The molecule has 0 saturated carbocycles. The normalized spacial score (nSPS) is 12.0. The molecule has 1 aromatic rings. The summed E-state index contributed by atoms with van der Waals surface area (Å²) in [6.07, 6.45) is 0. The van der Waals surface area contributed by atoms with Gasteiger partial charge in [-0.15, -0.1) is 0 Å². The van der Waals surface area contributed by atoms with Crippen LogP contribution in [0.4, 0.5) is 0 Å². The van der Waals surface area contributed by atoms with Gasteiger partial charge in [0.15, 0.2) is 0 Å². The maximum Gasteiger partial charge on any atom is 0.240 e. The van der Waals surface area contributed by atoms with Crippen molar-refractivity contribution in [2.24, 2.45) is 5.92 Å². The van der Waals surface area contributed by atoms with E-state index in [9.17, 15) is 8.42 Å². The second-order valence-electron chi connectivity index (χ2n) is 5.25. The van der Waals surface area contributed by atoms with E-state index in [2.05, 4.69) is 23.9 Å². The maximum atomic E-state index is 12.3. The number of hydrogen-bond donors (Lipinski definition) is 2. The van der Waals surface area contributed by atoms with Gasteiger partial charge >= 0.3 is 0 Å². The summed E-state index contributed by atoms with van der Waals surface area (Å²) in [7, 11) is -3.49. The van der Waals surface area contributed by atoms with E-state index < -0.39 is 10.0 Å². The van der Waals surface area contributed by atoms with Crippen LogP contribution in [-0.4, -0.2) is 34.7 Å². The summed E-state index contributed by atoms with van der Waals surface area (Å²) in [4.78, 5) is 0.329. The minimum Gasteiger partial charge on any atom is -0.380 e. The van der Waals surface area contributed by atoms with E-state index in [0.29, 0.717) is 30.6 Å². The molecule has 0 aliphatic rings. The zero-order valence-corrected chi connectivity index (χ0v) is 13.9. The summed E-state index contributed by atoms with van der Waals surface area (Å²) < 4.78 is 32.6. The van der Waals surface area contributed by atoms with E-state index in [1.165, 1.54) is 0 Å². The minimum atomic E-state index is -3.49. The second-order valence-corrected chi connectivity index (χ2v) is 6.99. The zero-order valence-electron chi connectivity index (χ0n) is 13.1. The van der Waals surface area contributed by atoms with Gasteiger partial charge in [0.05, 0.1) is 11.5 Å². The van der Waals surface area contributed by atoms with Gasteiger partial charge in [-0.2, -0.15) is 0 Å². The van der Waals surface area contributed by atoms with Gasteiger partial charge < -0.3 is 10.1 Å². The van der Waals surface area contributed by atoms with Gasteiger partial charge in [0, 0.05) is 19.7 Å². The molecule has 0 saturated heterocycles. The van der Waals surface area contributed by atoms with Crippen LogP contribution in [0, 0.1) is 5.92 Å². The number of ether oxygens (including phenoxy) is 1. The fourth-order valence-corrected chi connectivity index (χ4v) is 3.07. The molecule has 2 N–H and O–H groups in total. The Hall–Kier alpha value is -0.950. The molecule has 6 heteroatoms. The zero-order chi connectivity index (χ0) is 15.7. The molecule has 0 amide bonds. The van der Waals surface area contributed by atoms with Crippen molar-refractivity contribution in [3.05, 3.63) is 29.8 Å². The van der Waals surface area contributed by atoms with Crippen LogP contribution < -0.4 is 10.0 Å². The van der Waals surface area contributed by atoms with E-state index in [1.54, 1.807) is 12.1 Å². The number of hydrogen-bond acceptors (Lipinski definition) is 4. The first-order valence-corrected chi connectivity index (χ1v) is 8.81. The Labute approximate surface area is 128 Å². The number of sulfonamides is 1. The molecule has 1 aromatic carbocycles. The van der Waals surface area contributed by atoms with Gasteiger partial charge in [-0.05, 0) is 24.1 Å². The molecule has 120 valence electrons. The Morgan fingerprint density at radius 2 is 1.95 bits per heavy atom. The predicted octanol–water partition coefficient (Wildman–Crippen LogP) is 1.75. The highest BCUT2D eigenvalue weighted by Crippen LogP contribution is 2.14. The summed E-state index contributed by atoms with van der Waals surface area (Å²) in [5.41, 5.74) is 0.773. The topological polar surface area (TPSA) is 67.4 Å². The lowest BCUT2D eigenvalue weighted by Crippen LogP contribution is -2.29. The summed E-state index contributed by atoms with van der Waals surface area (Å²) in [6.45, 7) is 8.74. The van der Waals surface area contributed by atoms with Crippen molar-refractivity contribution in [2.45, 2.75) is 32.2 Å². The van der Waals surface area contributed by atoms with Crippen LogP contribution in [0.15, 0.2) is 29.2 Å². The Morgan fingerprint density at radius 1 is 1.24 bits per heavy atom. The Kier molecular flexibility index (Phi) is 7.88. The van der Waals surface area contributed by atoms with E-state index in [1.807, 2.05) is 19.1 Å². The van der Waals surface area contributed by atoms with Gasteiger partial charge in [-0.25, -0.2) is 13.1 Å². The largest absolute Gasteiger partial charge is 0.380 e. The lowest BCUT2D eigenvalue weighted by molar-refractivity contribution is 0.114. The third kappa shape index (κ3) is 6.56. The third-order valence-corrected chi connectivity index (χ3v) is 4.38. The van der Waals surface area contributed by atoms with Crippen LogP contribution in [0.3, 0.4) is 0 Å². The molecule has 0 atom stereocenters. The van der Waals surface area contributed by atoms with Gasteiger partial charge in [-0.1, -0.05) is 39.0 Å². The molecule has 21 heavy (non-hydrogen) atoms. The fraction of sp³-hybridized carbons (Fsp3) is 0.600. The number of benzene rings is 1. The van der Waals surface area contributed by atoms with E-state index in [4.69, 9.17) is 4.74 Å². The van der Waals surface area contributed by atoms with E-state index in [0.717, 1.165) is 12.1 Å². The first kappa shape index (κ1) is 18.1. The SMILES string of the molecule is CCNCc1ccccc1S(=O)(=O)NCCOCC(C)C. The third-order valence-electron chi connectivity index (χ3n) is 2.82. The molecular formula is C15H26N2O3S. The number of nitrogens with one attached hydrogen (secondary N) is 2. The summed E-state index contributed by atoms with van der Waals surface area (Å²) in [6, 6.07) is 7.03. The molecule has 0 fully saturated rings. The second kappa shape index (κ2) is 9.15. The van der Waals surface area contributed by atoms with Crippen LogP contribution in [0.25, 0.3) is 0 Å². The fourth-order valence-electron chi connectivity index (χ4n) is 1.82. The first-order valence-electron chi connectivity index (χ1n) is 7.33. The predicted molar refractivity (Wildman–Crippen MR) is 84.7 cm³/mol. The van der Waals surface area contributed by atoms with Crippen LogP contribution in [0.1, 0.15) is 26.3 Å². The Bertz CT molecular complexity index is 515. The summed E-state index contributed by atoms with van der Waals surface area (Å²) in [5.74, 6) is 0.447. The Morgan fingerprint density at radius 3 is 2.62 bits per heavy atom. The first-order chi connectivity index (χ1) is 9.97. The molecule has 0 bridgehead atoms. The number of rotatable bonds is 10. The average molecular weight is 314 g/mol. The molecule has 0 heterocycles. The molecule has 0 aliphatic heterocycles. The molecule has 1 rings (SSSR count). The van der Waals surface area contributed by atoms with Crippen molar-refractivity contribution in [3.63, 3.8) is 0 Å². The Balaban J connectivity index is 2.61. The average Bonchev–Trinajstić information content (AvgIpc) is 2.44. The van der Waals surface area contributed by atoms with Gasteiger partial charge in [0.2, 0.25) is 10.0 Å². The van der Waals surface area contributed by atoms with Gasteiger partial charge in [-0.3, -0.25) is 0 Å². The molecule has 0 aromatic heterocycles. The van der Waals surface area contributed by atoms with Crippen LogP contribution >= 0.6 is 0 Å². The van der Waals surface area contributed by atoms with Crippen molar-refractivity contribution in [1.29, 1.82) is 0 Å². The standard InChI is InChI=1S/C15H26N2O3S/c1-4-16-11-14-7-5-6-8-15(14)21(18,19)17-9-10-20-12-13(2)3/h5-8,13,16-17H,4,9-12H2,1-3H3. The molecular weight excluding hydrogens is 288 g/mol. The monoisotopic (exact) mass is 314 g/mol. The molecule has 5 nitrogen and oxygen atoms in total. The maximum absolute atomic E-state index is 12.3. The van der Waals surface area contributed by atoms with Crippen LogP contribution in [0.5, 0.6) is 0 Å². The van der Waals surface area contributed by atoms with Crippen molar-refractivity contribution in [2.75, 3.05) is 26.3 Å². The minimum absolute atomic E-state index is 0.282. The lowest BCUT2D eigenvalue weighted by Gasteiger charge is -2.12. The highest BCUT2D eigenvalue weighted by molar-refractivity contribution is 7.89. The lowest BCUT2D eigenvalue weighted by atomic mass is 10.2. The smallest absolute Gasteiger partial charge is 0.240 e. The van der Waals surface area contributed by atoms with Gasteiger partial charge in [0.25, 0.3) is 0 Å². The van der Waals surface area contributed by atoms with Crippen LogP contribution in [-0.2, 0) is 21.3 Å². The quantitative estimate of drug-likeness (QED) is 0.646. The highest BCUT2D eigenvalue weighted by Gasteiger charge is 2.17.